The van der Waals surface area contributed by atoms with Gasteiger partial charge in [-0.2, -0.15) is 0 Å². The van der Waals surface area contributed by atoms with E-state index in [0.29, 0.717) is 18.7 Å². The van der Waals surface area contributed by atoms with Crippen molar-refractivity contribution < 1.29 is 9.53 Å². The molecule has 1 aromatic heterocycles. The summed E-state index contributed by atoms with van der Waals surface area (Å²) in [6, 6.07) is 9.56. The van der Waals surface area contributed by atoms with Crippen molar-refractivity contribution in [2.45, 2.75) is 40.3 Å². The Morgan fingerprint density at radius 3 is 2.57 bits per heavy atom. The lowest BCUT2D eigenvalue weighted by atomic mass is 10.1. The maximum atomic E-state index is 12.2. The fraction of sp³-hybridized carbons (Fsp3) is 0.368. The average molecular weight is 312 g/mol. The van der Waals surface area contributed by atoms with Gasteiger partial charge in [-0.25, -0.2) is 0 Å². The first-order valence-corrected chi connectivity index (χ1v) is 7.93. The number of pyridine rings is 1. The van der Waals surface area contributed by atoms with Crippen LogP contribution in [-0.2, 0) is 11.3 Å². The number of aromatic nitrogens is 1. The van der Waals surface area contributed by atoms with Gasteiger partial charge in [-0.05, 0) is 62.6 Å². The highest BCUT2D eigenvalue weighted by Gasteiger charge is 2.09. The highest BCUT2D eigenvalue weighted by molar-refractivity contribution is 5.94. The van der Waals surface area contributed by atoms with E-state index in [2.05, 4.69) is 10.3 Å². The second-order valence-corrected chi connectivity index (χ2v) is 5.65. The molecule has 1 unspecified atom stereocenters. The van der Waals surface area contributed by atoms with Crippen LogP contribution >= 0.6 is 0 Å². The Morgan fingerprint density at radius 1 is 1.26 bits per heavy atom. The standard InChI is InChI=1S/C19H24N2O2/c1-5-23-15(4)16-6-8-17(9-7-16)19(22)21-12-18-11-20-14(3)10-13(18)2/h6-11,15H,5,12H2,1-4H3,(H,21,22). The minimum Gasteiger partial charge on any atom is -0.374 e. The third-order valence-corrected chi connectivity index (χ3v) is 3.85. The number of ether oxygens (including phenoxy) is 1. The van der Waals surface area contributed by atoms with Gasteiger partial charge in [0.25, 0.3) is 5.91 Å². The van der Waals surface area contributed by atoms with Crippen molar-refractivity contribution in [3.05, 3.63) is 64.5 Å². The molecule has 23 heavy (non-hydrogen) atoms. The summed E-state index contributed by atoms with van der Waals surface area (Å²) in [6.07, 6.45) is 1.86. The monoisotopic (exact) mass is 312 g/mol. The van der Waals surface area contributed by atoms with E-state index < -0.39 is 0 Å². The van der Waals surface area contributed by atoms with E-state index in [0.717, 1.165) is 22.4 Å². The summed E-state index contributed by atoms with van der Waals surface area (Å²) in [5.74, 6) is -0.0828. The molecule has 2 rings (SSSR count). The molecule has 0 radical (unpaired) electrons. The number of hydrogen-bond donors (Lipinski definition) is 1. The Labute approximate surface area is 137 Å². The summed E-state index contributed by atoms with van der Waals surface area (Å²) < 4.78 is 5.55. The number of nitrogens with one attached hydrogen (secondary N) is 1. The average Bonchev–Trinajstić information content (AvgIpc) is 2.54. The van der Waals surface area contributed by atoms with Gasteiger partial charge < -0.3 is 10.1 Å². The number of aryl methyl sites for hydroxylation is 2. The van der Waals surface area contributed by atoms with Crippen LogP contribution in [0.3, 0.4) is 0 Å². The largest absolute Gasteiger partial charge is 0.374 e. The van der Waals surface area contributed by atoms with Gasteiger partial charge in [-0.1, -0.05) is 12.1 Å². The molecule has 0 aliphatic carbocycles. The second kappa shape index (κ2) is 7.88. The first-order valence-electron chi connectivity index (χ1n) is 7.93. The first-order chi connectivity index (χ1) is 11.0. The van der Waals surface area contributed by atoms with Gasteiger partial charge in [-0.15, -0.1) is 0 Å². The Kier molecular flexibility index (Phi) is 5.88. The molecule has 0 bridgehead atoms. The molecule has 1 aromatic carbocycles. The van der Waals surface area contributed by atoms with Crippen LogP contribution in [0.1, 0.15) is 52.7 Å². The van der Waals surface area contributed by atoms with Crippen molar-refractivity contribution in [3.63, 3.8) is 0 Å². The zero-order valence-corrected chi connectivity index (χ0v) is 14.2. The Bertz CT molecular complexity index is 666. The first kappa shape index (κ1) is 17.2. The third kappa shape index (κ3) is 4.63. The number of carbonyl (C=O) groups is 1. The molecule has 1 N–H and O–H groups in total. The van der Waals surface area contributed by atoms with Crippen LogP contribution in [-0.4, -0.2) is 17.5 Å². The van der Waals surface area contributed by atoms with Crippen molar-refractivity contribution in [3.8, 4) is 0 Å². The van der Waals surface area contributed by atoms with Gasteiger partial charge in [0.15, 0.2) is 0 Å². The molecule has 0 fully saturated rings. The number of amides is 1. The fourth-order valence-electron chi connectivity index (χ4n) is 2.44. The van der Waals surface area contributed by atoms with Crippen molar-refractivity contribution >= 4 is 5.91 Å². The zero-order chi connectivity index (χ0) is 16.8. The molecule has 2 aromatic rings. The van der Waals surface area contributed by atoms with Crippen LogP contribution in [0.4, 0.5) is 0 Å². The van der Waals surface area contributed by atoms with Crippen LogP contribution in [0.15, 0.2) is 36.5 Å². The van der Waals surface area contributed by atoms with Gasteiger partial charge in [0.1, 0.15) is 0 Å². The molecule has 1 atom stereocenters. The fourth-order valence-corrected chi connectivity index (χ4v) is 2.44. The van der Waals surface area contributed by atoms with E-state index >= 15 is 0 Å². The molecule has 0 aliphatic heterocycles. The summed E-state index contributed by atoms with van der Waals surface area (Å²) >= 11 is 0. The maximum Gasteiger partial charge on any atom is 0.251 e. The van der Waals surface area contributed by atoms with E-state index in [4.69, 9.17) is 4.74 Å². The summed E-state index contributed by atoms with van der Waals surface area (Å²) in [4.78, 5) is 16.5. The van der Waals surface area contributed by atoms with Gasteiger partial charge in [-0.3, -0.25) is 9.78 Å². The second-order valence-electron chi connectivity index (χ2n) is 5.65. The van der Waals surface area contributed by atoms with Gasteiger partial charge in [0.2, 0.25) is 0 Å². The number of benzene rings is 1. The molecule has 4 nitrogen and oxygen atoms in total. The highest BCUT2D eigenvalue weighted by Crippen LogP contribution is 2.17. The van der Waals surface area contributed by atoms with Crippen LogP contribution < -0.4 is 5.32 Å². The summed E-state index contributed by atoms with van der Waals surface area (Å²) in [5, 5.41) is 2.94. The quantitative estimate of drug-likeness (QED) is 0.884. The number of nitrogens with zero attached hydrogens (tertiary/aromatic N) is 1. The predicted molar refractivity (Wildman–Crippen MR) is 91.4 cm³/mol. The molecular weight excluding hydrogens is 288 g/mol. The SMILES string of the molecule is CCOC(C)c1ccc(C(=O)NCc2cnc(C)cc2C)cc1. The van der Waals surface area contributed by atoms with Gasteiger partial charge in [0.05, 0.1) is 6.10 Å². The summed E-state index contributed by atoms with van der Waals surface area (Å²) in [6.45, 7) is 9.12. The highest BCUT2D eigenvalue weighted by atomic mass is 16.5. The van der Waals surface area contributed by atoms with E-state index in [1.807, 2.05) is 64.2 Å². The minimum atomic E-state index is -0.0828. The molecule has 0 saturated heterocycles. The Morgan fingerprint density at radius 2 is 1.96 bits per heavy atom. The predicted octanol–water partition coefficient (Wildman–Crippen LogP) is 3.73. The van der Waals surface area contributed by atoms with E-state index in [1.165, 1.54) is 0 Å². The lowest BCUT2D eigenvalue weighted by Gasteiger charge is -2.12. The molecular formula is C19H24N2O2. The summed E-state index contributed by atoms with van der Waals surface area (Å²) in [7, 11) is 0. The smallest absolute Gasteiger partial charge is 0.251 e. The lowest BCUT2D eigenvalue weighted by molar-refractivity contribution is 0.0763. The normalized spacial score (nSPS) is 12.0. The van der Waals surface area contributed by atoms with Crippen molar-refractivity contribution in [1.29, 1.82) is 0 Å². The van der Waals surface area contributed by atoms with E-state index in [1.54, 1.807) is 0 Å². The van der Waals surface area contributed by atoms with Gasteiger partial charge >= 0.3 is 0 Å². The number of hydrogen-bond acceptors (Lipinski definition) is 3. The molecule has 0 saturated carbocycles. The topological polar surface area (TPSA) is 51.2 Å². The van der Waals surface area contributed by atoms with Crippen LogP contribution in [0.2, 0.25) is 0 Å². The molecule has 1 heterocycles. The van der Waals surface area contributed by atoms with Crippen LogP contribution in [0, 0.1) is 13.8 Å². The molecule has 122 valence electrons. The third-order valence-electron chi connectivity index (χ3n) is 3.85. The number of rotatable bonds is 6. The molecule has 0 spiro atoms. The minimum absolute atomic E-state index is 0.0402. The lowest BCUT2D eigenvalue weighted by Crippen LogP contribution is -2.23. The summed E-state index contributed by atoms with van der Waals surface area (Å²) in [5.41, 5.74) is 4.87. The van der Waals surface area contributed by atoms with Crippen LogP contribution in [0.25, 0.3) is 0 Å². The molecule has 1 amide bonds. The zero-order valence-electron chi connectivity index (χ0n) is 14.2. The van der Waals surface area contributed by atoms with Gasteiger partial charge in [0, 0.05) is 30.6 Å². The van der Waals surface area contributed by atoms with E-state index in [-0.39, 0.29) is 12.0 Å². The molecule has 4 heteroatoms. The van der Waals surface area contributed by atoms with Crippen LogP contribution in [0.5, 0.6) is 0 Å². The number of carbonyl (C=O) groups excluding carboxylic acids is 1. The van der Waals surface area contributed by atoms with Crippen molar-refractivity contribution in [1.82, 2.24) is 10.3 Å². The Balaban J connectivity index is 1.98. The Hall–Kier alpha value is -2.20. The van der Waals surface area contributed by atoms with Crippen molar-refractivity contribution in [2.24, 2.45) is 0 Å². The van der Waals surface area contributed by atoms with Crippen molar-refractivity contribution in [2.75, 3.05) is 6.61 Å². The maximum absolute atomic E-state index is 12.2. The molecule has 0 aliphatic rings. The van der Waals surface area contributed by atoms with E-state index in [9.17, 15) is 4.79 Å².